The number of allylic oxidation sites excluding steroid dienone is 1. The molecule has 0 saturated carbocycles. The Labute approximate surface area is 340 Å². The number of amides is 1. The summed E-state index contributed by atoms with van der Waals surface area (Å²) in [4.78, 5) is 30.2. The Hall–Kier alpha value is -1.60. The van der Waals surface area contributed by atoms with Gasteiger partial charge in [0, 0.05) is 38.8 Å². The lowest BCUT2D eigenvalue weighted by molar-refractivity contribution is -0.985. The fraction of sp³-hybridized carbons (Fsp3) is 0.911. The number of nitrogens with one attached hydrogen (secondary N) is 3. The summed E-state index contributed by atoms with van der Waals surface area (Å²) in [7, 11) is 0. The number of hydrogen-bond donors (Lipinski definition) is 5. The number of esters is 1. The Bertz CT molecular complexity index is 1190. The summed E-state index contributed by atoms with van der Waals surface area (Å²) in [6.45, 7) is 7.74. The molecule has 2 spiro atoms. The molecule has 5 heterocycles. The van der Waals surface area contributed by atoms with Gasteiger partial charge in [0.2, 0.25) is 12.2 Å². The van der Waals surface area contributed by atoms with E-state index in [1.807, 2.05) is 4.90 Å². The van der Waals surface area contributed by atoms with Crippen LogP contribution in [0.2, 0.25) is 0 Å². The lowest BCUT2D eigenvalue weighted by Gasteiger charge is -2.57. The summed E-state index contributed by atoms with van der Waals surface area (Å²) in [5, 5.41) is 7.87. The zero-order valence-corrected chi connectivity index (χ0v) is 35.7. The van der Waals surface area contributed by atoms with Crippen LogP contribution in [0.3, 0.4) is 0 Å². The Balaban J connectivity index is 0.927. The number of unbranched alkanes of at least 4 members (excludes halogenated alkanes) is 13. The third-order valence-corrected chi connectivity index (χ3v) is 13.6. The number of hydrogen-bond acceptors (Lipinski definition) is 9. The van der Waals surface area contributed by atoms with E-state index in [2.05, 4.69) is 36.6 Å². The maximum absolute atomic E-state index is 14.1. The van der Waals surface area contributed by atoms with Crippen LogP contribution in [-0.2, 0) is 23.8 Å². The molecule has 1 amide bonds. The van der Waals surface area contributed by atoms with Crippen molar-refractivity contribution >= 4 is 11.9 Å². The molecule has 5 rings (SSSR count). The van der Waals surface area contributed by atoms with Gasteiger partial charge in [-0.3, -0.25) is 9.59 Å². The quantitative estimate of drug-likeness (QED) is 0.0409. The second-order valence-electron chi connectivity index (χ2n) is 18.1. The van der Waals surface area contributed by atoms with E-state index in [1.54, 1.807) is 0 Å². The first-order valence-corrected chi connectivity index (χ1v) is 23.6. The summed E-state index contributed by atoms with van der Waals surface area (Å²) in [6, 6.07) is 0.664. The molecule has 5 aliphatic rings. The van der Waals surface area contributed by atoms with E-state index in [0.29, 0.717) is 32.2 Å². The van der Waals surface area contributed by atoms with Crippen molar-refractivity contribution < 1.29 is 28.7 Å². The smallest absolute Gasteiger partial charge is 0.319 e. The van der Waals surface area contributed by atoms with Crippen molar-refractivity contribution in [3.8, 4) is 0 Å². The van der Waals surface area contributed by atoms with Gasteiger partial charge in [-0.05, 0) is 90.6 Å². The molecular formula is C45H83N6O5+. The molecule has 0 aliphatic carbocycles. The number of carbonyl (C=O) groups excluding carboxylic acids is 2. The van der Waals surface area contributed by atoms with Gasteiger partial charge in [0.25, 0.3) is 0 Å². The minimum absolute atomic E-state index is 0.0125. The van der Waals surface area contributed by atoms with Gasteiger partial charge in [0.1, 0.15) is 17.5 Å². The van der Waals surface area contributed by atoms with Crippen molar-refractivity contribution in [2.24, 2.45) is 17.4 Å². The van der Waals surface area contributed by atoms with E-state index in [1.165, 1.54) is 62.7 Å². The number of carbonyl (C=O) groups is 2. The van der Waals surface area contributed by atoms with Crippen molar-refractivity contribution in [1.82, 2.24) is 15.5 Å². The summed E-state index contributed by atoms with van der Waals surface area (Å²) in [6.07, 6.45) is 33.1. The van der Waals surface area contributed by atoms with Crippen molar-refractivity contribution in [3.05, 3.63) is 12.2 Å². The molecule has 9 unspecified atom stereocenters. The zero-order valence-electron chi connectivity index (χ0n) is 35.7. The maximum atomic E-state index is 14.1. The third kappa shape index (κ3) is 12.9. The Kier molecular flexibility index (Phi) is 19.4. The van der Waals surface area contributed by atoms with E-state index < -0.39 is 5.72 Å². The molecule has 7 N–H and O–H groups in total. The van der Waals surface area contributed by atoms with Crippen molar-refractivity contribution in [3.63, 3.8) is 0 Å². The zero-order chi connectivity index (χ0) is 39.6. The normalized spacial score (nSPS) is 32.4. The molecule has 0 aromatic heterocycles. The largest absolute Gasteiger partial charge is 0.465 e. The molecule has 0 bridgehead atoms. The van der Waals surface area contributed by atoms with Gasteiger partial charge in [0.15, 0.2) is 5.92 Å². The van der Waals surface area contributed by atoms with Gasteiger partial charge in [0.05, 0.1) is 24.9 Å². The highest BCUT2D eigenvalue weighted by Crippen LogP contribution is 2.43. The molecule has 5 fully saturated rings. The lowest BCUT2D eigenvalue weighted by atomic mass is 9.79. The average Bonchev–Trinajstić information content (AvgIpc) is 3.78. The number of quaternary nitrogens is 1. The third-order valence-electron chi connectivity index (χ3n) is 13.6. The summed E-state index contributed by atoms with van der Waals surface area (Å²) < 4.78 is 19.7. The first kappa shape index (κ1) is 45.5. The van der Waals surface area contributed by atoms with E-state index in [0.717, 1.165) is 116 Å². The lowest BCUT2D eigenvalue weighted by Crippen LogP contribution is -3.28. The minimum atomic E-state index is -0.689. The summed E-state index contributed by atoms with van der Waals surface area (Å²) in [5.74, 6) is -0.0580. The monoisotopic (exact) mass is 788 g/mol. The molecule has 56 heavy (non-hydrogen) atoms. The van der Waals surface area contributed by atoms with Crippen LogP contribution >= 0.6 is 0 Å². The molecule has 9 atom stereocenters. The number of nitrogens with two attached hydrogens (primary N) is 2. The van der Waals surface area contributed by atoms with Gasteiger partial charge in [-0.1, -0.05) is 89.7 Å². The highest BCUT2D eigenvalue weighted by molar-refractivity contribution is 5.76. The highest BCUT2D eigenvalue weighted by atomic mass is 16.6. The van der Waals surface area contributed by atoms with Gasteiger partial charge in [-0.2, -0.15) is 0 Å². The Morgan fingerprint density at radius 1 is 0.804 bits per heavy atom. The molecule has 11 nitrogen and oxygen atoms in total. The van der Waals surface area contributed by atoms with Crippen LogP contribution in [0, 0.1) is 5.92 Å². The van der Waals surface area contributed by atoms with Gasteiger partial charge in [-0.15, -0.1) is 0 Å². The van der Waals surface area contributed by atoms with E-state index in [-0.39, 0.29) is 48.1 Å². The average molecular weight is 788 g/mol. The molecule has 5 aliphatic heterocycles. The number of nitrogens with zero attached hydrogens (tertiary/aromatic N) is 1. The summed E-state index contributed by atoms with van der Waals surface area (Å²) >= 11 is 0. The van der Waals surface area contributed by atoms with Crippen LogP contribution in [0.25, 0.3) is 0 Å². The maximum Gasteiger partial charge on any atom is 0.319 e. The van der Waals surface area contributed by atoms with E-state index in [4.69, 9.17) is 25.7 Å². The fourth-order valence-electron chi connectivity index (χ4n) is 10.7. The topological polar surface area (TPSA) is 146 Å². The van der Waals surface area contributed by atoms with Crippen molar-refractivity contribution in [1.29, 1.82) is 0 Å². The first-order valence-electron chi connectivity index (χ1n) is 23.6. The van der Waals surface area contributed by atoms with Crippen LogP contribution in [0.1, 0.15) is 181 Å². The highest BCUT2D eigenvalue weighted by Gasteiger charge is 2.67. The Morgan fingerprint density at radius 3 is 2.16 bits per heavy atom. The van der Waals surface area contributed by atoms with Crippen LogP contribution in [-0.4, -0.2) is 91.6 Å². The predicted octanol–water partition coefficient (Wildman–Crippen LogP) is 5.95. The molecular weight excluding hydrogens is 705 g/mol. The molecule has 11 heteroatoms. The van der Waals surface area contributed by atoms with Gasteiger partial charge in [-0.25, -0.2) is 10.6 Å². The van der Waals surface area contributed by atoms with Crippen LogP contribution < -0.4 is 27.0 Å². The second-order valence-corrected chi connectivity index (χ2v) is 18.1. The molecule has 322 valence electrons. The van der Waals surface area contributed by atoms with Crippen molar-refractivity contribution in [2.45, 2.75) is 223 Å². The molecule has 5 saturated heterocycles. The van der Waals surface area contributed by atoms with E-state index >= 15 is 0 Å². The number of rotatable bonds is 26. The molecule has 0 aromatic rings. The fourth-order valence-corrected chi connectivity index (χ4v) is 10.7. The first-order chi connectivity index (χ1) is 27.3. The SMILES string of the molecule is CCC=CC1CCC2(CC3CCC4C(C(=O)OCCCCCCCCCCCCCCCC(=O)N(CCCN)CCCCN)C5(CCCC(C)O5)NC(N2)[NH+]34)O1. The van der Waals surface area contributed by atoms with Crippen LogP contribution in [0.15, 0.2) is 12.2 Å². The second kappa shape index (κ2) is 23.9. The van der Waals surface area contributed by atoms with Crippen molar-refractivity contribution in [2.75, 3.05) is 32.8 Å². The number of ether oxygens (including phenoxy) is 3. The summed E-state index contributed by atoms with van der Waals surface area (Å²) in [5.41, 5.74) is 10.3. The predicted molar refractivity (Wildman–Crippen MR) is 223 cm³/mol. The van der Waals surface area contributed by atoms with Crippen LogP contribution in [0.4, 0.5) is 0 Å². The standard InChI is InChI=1S/C45H82N6O5/c1-3-4-23-38-27-29-44(56-38)35-37-25-26-39-41(45(28-20-22-36(2)55-45)49-43(48-44)51(37)39)42(53)54-34-19-15-13-11-9-7-5-6-8-10-12-14-16-24-40(52)50(33-21-31-47)32-18-17-30-46/h4,23,36-39,41,43,48-49H,3,5-22,24-35,46-47H2,1-2H3/p+1. The van der Waals surface area contributed by atoms with Gasteiger partial charge < -0.3 is 35.5 Å². The molecule has 0 aromatic carbocycles. The Morgan fingerprint density at radius 2 is 1.48 bits per heavy atom. The molecule has 0 radical (unpaired) electrons. The minimum Gasteiger partial charge on any atom is -0.465 e. The van der Waals surface area contributed by atoms with Gasteiger partial charge >= 0.3 is 5.97 Å². The van der Waals surface area contributed by atoms with E-state index in [9.17, 15) is 9.59 Å². The van der Waals surface area contributed by atoms with Crippen LogP contribution in [0.5, 0.6) is 0 Å².